The first-order valence-electron chi connectivity index (χ1n) is 13.0. The number of piperazine rings is 1. The molecule has 0 unspecified atom stereocenters. The molecule has 202 valence electrons. The Kier molecular flexibility index (Phi) is 7.66. The minimum Gasteiger partial charge on any atom is -0.421 e. The monoisotopic (exact) mass is 525 g/mol. The number of aliphatic imine (C=N–C) groups is 2. The summed E-state index contributed by atoms with van der Waals surface area (Å²) in [5.74, 6) is -0.0972. The van der Waals surface area contributed by atoms with Crippen LogP contribution in [-0.2, 0) is 0 Å². The first-order valence-corrected chi connectivity index (χ1v) is 13.0. The van der Waals surface area contributed by atoms with Crippen LogP contribution in [0.15, 0.2) is 28.2 Å². The molecule has 0 spiro atoms. The van der Waals surface area contributed by atoms with Gasteiger partial charge in [0.1, 0.15) is 5.82 Å². The number of hydrogen-bond acceptors (Lipinski definition) is 8. The molecule has 3 aromatic rings. The summed E-state index contributed by atoms with van der Waals surface area (Å²) >= 11 is 0. The molecule has 2 aliphatic rings. The molecule has 11 heteroatoms. The van der Waals surface area contributed by atoms with E-state index < -0.39 is 11.6 Å². The van der Waals surface area contributed by atoms with Crippen LogP contribution in [0.5, 0.6) is 11.8 Å². The van der Waals surface area contributed by atoms with Gasteiger partial charge in [0, 0.05) is 80.8 Å². The number of fused-ring (bicyclic) bond motifs is 1. The van der Waals surface area contributed by atoms with E-state index in [9.17, 15) is 9.50 Å². The third kappa shape index (κ3) is 5.83. The molecule has 9 nitrogen and oxygen atoms in total. The number of benzene rings is 1. The maximum absolute atomic E-state index is 15.2. The zero-order valence-electron chi connectivity index (χ0n) is 22.0. The van der Waals surface area contributed by atoms with Gasteiger partial charge in [-0.05, 0) is 38.7 Å². The molecule has 1 saturated carbocycles. The Bertz CT molecular complexity index is 1380. The van der Waals surface area contributed by atoms with Crippen molar-refractivity contribution >= 4 is 34.0 Å². The average molecular weight is 526 g/mol. The van der Waals surface area contributed by atoms with E-state index in [-0.39, 0.29) is 29.3 Å². The molecule has 1 aromatic carbocycles. The van der Waals surface area contributed by atoms with Gasteiger partial charge in [0.25, 0.3) is 0 Å². The zero-order valence-corrected chi connectivity index (χ0v) is 22.0. The second kappa shape index (κ2) is 11.1. The smallest absolute Gasteiger partial charge is 0.326 e. The zero-order chi connectivity index (χ0) is 26.8. The molecule has 2 fully saturated rings. The van der Waals surface area contributed by atoms with Gasteiger partial charge in [0.05, 0.1) is 12.1 Å². The fourth-order valence-corrected chi connectivity index (χ4v) is 4.83. The van der Waals surface area contributed by atoms with Crippen molar-refractivity contribution in [3.05, 3.63) is 35.5 Å². The summed E-state index contributed by atoms with van der Waals surface area (Å²) < 4.78 is 35.7. The van der Waals surface area contributed by atoms with Crippen molar-refractivity contribution in [2.75, 3.05) is 51.3 Å². The summed E-state index contributed by atoms with van der Waals surface area (Å²) in [6.45, 7) is 7.29. The Balaban J connectivity index is 1.46. The summed E-state index contributed by atoms with van der Waals surface area (Å²) in [4.78, 5) is 25.2. The Morgan fingerprint density at radius 2 is 1.92 bits per heavy atom. The average Bonchev–Trinajstić information content (AvgIpc) is 3.66. The van der Waals surface area contributed by atoms with Crippen molar-refractivity contribution in [3.8, 4) is 11.8 Å². The molecule has 3 heterocycles. The number of anilines is 1. The highest BCUT2D eigenvalue weighted by molar-refractivity contribution is 6.05. The standard InChI is InChI=1S/C27H33F2N7O2/c1-16-12-19-25(29)22(14-20(28)26(19)32-16)38-27-33-23(31-17(2)13-21(30-3)18-4-5-18)15-24(34-27)36-8-6-35(7-9-36)10-11-37/h12,14-15,18,32,37H,4-11,13H2,1-3H3. The number of nitrogens with one attached hydrogen (secondary N) is 1. The molecule has 38 heavy (non-hydrogen) atoms. The van der Waals surface area contributed by atoms with Crippen LogP contribution in [0.4, 0.5) is 20.4 Å². The van der Waals surface area contributed by atoms with Crippen molar-refractivity contribution in [3.63, 3.8) is 0 Å². The van der Waals surface area contributed by atoms with Gasteiger partial charge in [-0.25, -0.2) is 13.8 Å². The van der Waals surface area contributed by atoms with E-state index in [1.54, 1.807) is 13.0 Å². The molecule has 2 aromatic heterocycles. The highest BCUT2D eigenvalue weighted by Gasteiger charge is 2.27. The molecular formula is C27H33F2N7O2. The van der Waals surface area contributed by atoms with Crippen LogP contribution in [0.1, 0.15) is 31.9 Å². The van der Waals surface area contributed by atoms with Crippen molar-refractivity contribution in [1.29, 1.82) is 0 Å². The van der Waals surface area contributed by atoms with Crippen LogP contribution < -0.4 is 9.64 Å². The van der Waals surface area contributed by atoms with E-state index in [4.69, 9.17) is 9.73 Å². The van der Waals surface area contributed by atoms with Crippen LogP contribution in [0.2, 0.25) is 0 Å². The maximum atomic E-state index is 15.2. The summed E-state index contributed by atoms with van der Waals surface area (Å²) in [5.41, 5.74) is 2.71. The predicted molar refractivity (Wildman–Crippen MR) is 144 cm³/mol. The largest absolute Gasteiger partial charge is 0.421 e. The first kappa shape index (κ1) is 26.2. The Hall–Kier alpha value is -3.44. The number of hydrogen-bond donors (Lipinski definition) is 2. The lowest BCUT2D eigenvalue weighted by Gasteiger charge is -2.35. The molecule has 0 radical (unpaired) electrons. The van der Waals surface area contributed by atoms with Crippen LogP contribution in [0.3, 0.4) is 0 Å². The number of aryl methyl sites for hydroxylation is 1. The molecular weight excluding hydrogens is 492 g/mol. The number of nitrogens with zero attached hydrogens (tertiary/aromatic N) is 6. The Labute approximate surface area is 220 Å². The second-order valence-corrected chi connectivity index (χ2v) is 9.95. The number of H-pyrrole nitrogens is 1. The SMILES string of the molecule is CN=C(CC(C)=Nc1cc(N2CCN(CCO)CC2)nc(Oc2cc(F)c3[nH]c(C)cc3c2F)n1)C1CC1. The van der Waals surface area contributed by atoms with E-state index in [2.05, 4.69) is 29.7 Å². The van der Waals surface area contributed by atoms with Crippen LogP contribution in [0.25, 0.3) is 10.9 Å². The van der Waals surface area contributed by atoms with Gasteiger partial charge in [-0.1, -0.05) is 0 Å². The van der Waals surface area contributed by atoms with Gasteiger partial charge < -0.3 is 19.7 Å². The van der Waals surface area contributed by atoms with Crippen molar-refractivity contribution in [2.24, 2.45) is 15.9 Å². The third-order valence-electron chi connectivity index (χ3n) is 6.97. The maximum Gasteiger partial charge on any atom is 0.326 e. The molecule has 2 N–H and O–H groups in total. The molecule has 1 aliphatic heterocycles. The molecule has 1 aliphatic carbocycles. The minimum atomic E-state index is -0.688. The fourth-order valence-electron chi connectivity index (χ4n) is 4.83. The van der Waals surface area contributed by atoms with Crippen LogP contribution in [-0.4, -0.2) is 82.8 Å². The van der Waals surface area contributed by atoms with Gasteiger partial charge in [0.15, 0.2) is 23.2 Å². The number of ether oxygens (including phenoxy) is 1. The molecule has 0 amide bonds. The number of aliphatic hydroxyl groups is 1. The van der Waals surface area contributed by atoms with Gasteiger partial charge in [-0.15, -0.1) is 0 Å². The number of β-amino-alcohol motifs (C(OH)–C–C–N with tert-alkyl or cyclic N) is 1. The number of rotatable bonds is 9. The van der Waals surface area contributed by atoms with Gasteiger partial charge in [-0.3, -0.25) is 9.89 Å². The molecule has 0 bridgehead atoms. The topological polar surface area (TPSA) is 102 Å². The Morgan fingerprint density at radius 3 is 2.61 bits per heavy atom. The highest BCUT2D eigenvalue weighted by Crippen LogP contribution is 2.34. The predicted octanol–water partition coefficient (Wildman–Crippen LogP) is 4.41. The third-order valence-corrected chi connectivity index (χ3v) is 6.97. The number of aliphatic hydroxyl groups excluding tert-OH is 1. The van der Waals surface area contributed by atoms with Gasteiger partial charge >= 0.3 is 6.01 Å². The van der Waals surface area contributed by atoms with Gasteiger partial charge in [0.2, 0.25) is 0 Å². The number of aromatic nitrogens is 3. The normalized spacial score (nSPS) is 17.5. The quantitative estimate of drug-likeness (QED) is 0.401. The van der Waals surface area contributed by atoms with Crippen molar-refractivity contribution < 1.29 is 18.6 Å². The van der Waals surface area contributed by atoms with Crippen molar-refractivity contribution in [1.82, 2.24) is 19.9 Å². The lowest BCUT2D eigenvalue weighted by molar-refractivity contribution is 0.188. The Morgan fingerprint density at radius 1 is 1.16 bits per heavy atom. The molecule has 5 rings (SSSR count). The first-order chi connectivity index (χ1) is 18.3. The number of halogens is 2. The van der Waals surface area contributed by atoms with E-state index in [0.717, 1.165) is 43.4 Å². The number of aromatic amines is 1. The van der Waals surface area contributed by atoms with E-state index in [0.29, 0.717) is 49.3 Å². The lowest BCUT2D eigenvalue weighted by atomic mass is 10.1. The van der Waals surface area contributed by atoms with E-state index >= 15 is 4.39 Å². The lowest BCUT2D eigenvalue weighted by Crippen LogP contribution is -2.47. The van der Waals surface area contributed by atoms with Crippen molar-refractivity contribution in [2.45, 2.75) is 33.1 Å². The summed E-state index contributed by atoms with van der Waals surface area (Å²) in [5, 5.41) is 9.36. The van der Waals surface area contributed by atoms with Crippen LogP contribution in [0, 0.1) is 24.5 Å². The van der Waals surface area contributed by atoms with E-state index in [1.165, 1.54) is 6.07 Å². The van der Waals surface area contributed by atoms with Crippen LogP contribution >= 0.6 is 0 Å². The summed E-state index contributed by atoms with van der Waals surface area (Å²) in [7, 11) is 1.81. The molecule has 1 saturated heterocycles. The summed E-state index contributed by atoms with van der Waals surface area (Å²) in [6.07, 6.45) is 2.97. The molecule has 0 atom stereocenters. The highest BCUT2D eigenvalue weighted by atomic mass is 19.1. The fraction of sp³-hybridized carbons (Fsp3) is 0.481. The minimum absolute atomic E-state index is 0.0905. The van der Waals surface area contributed by atoms with E-state index in [1.807, 2.05) is 14.0 Å². The second-order valence-electron chi connectivity index (χ2n) is 9.95. The summed E-state index contributed by atoms with van der Waals surface area (Å²) in [6, 6.07) is 4.22. The van der Waals surface area contributed by atoms with Gasteiger partial charge in [-0.2, -0.15) is 9.97 Å².